The number of halogens is 3. The number of aromatic nitrogens is 2. The van der Waals surface area contributed by atoms with Gasteiger partial charge in [0.1, 0.15) is 12.4 Å². The fourth-order valence-corrected chi connectivity index (χ4v) is 3.07. The number of carbonyl (C=O) groups is 1. The van der Waals surface area contributed by atoms with Gasteiger partial charge in [0, 0.05) is 12.5 Å². The van der Waals surface area contributed by atoms with Crippen LogP contribution >= 0.6 is 0 Å². The van der Waals surface area contributed by atoms with E-state index < -0.39 is 17.6 Å². The van der Waals surface area contributed by atoms with E-state index in [0.717, 1.165) is 18.2 Å². The average Bonchev–Trinajstić information content (AvgIpc) is 2.74. The Hall–Kier alpha value is -3.40. The second-order valence-electron chi connectivity index (χ2n) is 7.24. The normalized spacial score (nSPS) is 11.7. The van der Waals surface area contributed by atoms with Crippen molar-refractivity contribution < 1.29 is 27.4 Å². The molecule has 1 aromatic heterocycles. The van der Waals surface area contributed by atoms with Crippen molar-refractivity contribution in [1.29, 1.82) is 0 Å². The molecule has 7 nitrogen and oxygen atoms in total. The third-order valence-corrected chi connectivity index (χ3v) is 4.63. The number of nitrogens with one attached hydrogen (secondary N) is 1. The molecule has 0 aliphatic rings. The first-order chi connectivity index (χ1) is 15.1. The average molecular weight is 449 g/mol. The summed E-state index contributed by atoms with van der Waals surface area (Å²) in [7, 11) is 1.46. The van der Waals surface area contributed by atoms with E-state index in [-0.39, 0.29) is 47.3 Å². The number of carbonyl (C=O) groups excluding carboxylic acids is 1. The minimum atomic E-state index is -4.61. The van der Waals surface area contributed by atoms with E-state index in [2.05, 4.69) is 10.4 Å². The SMILES string of the molecule is COCCOc1ccc(C(F)(F)F)cc1NC(=O)c1nn(C(C)C)c(=O)c2ccccc12. The predicted octanol–water partition coefficient (Wildman–Crippen LogP) is 4.27. The van der Waals surface area contributed by atoms with Gasteiger partial charge in [0.05, 0.1) is 29.3 Å². The van der Waals surface area contributed by atoms with Gasteiger partial charge in [0.15, 0.2) is 5.69 Å². The Bertz CT molecular complexity index is 1190. The number of amides is 1. The molecular weight excluding hydrogens is 427 g/mol. The molecule has 0 bridgehead atoms. The topological polar surface area (TPSA) is 82.4 Å². The molecule has 170 valence electrons. The standard InChI is InChI=1S/C22H22F3N3O4/c1-13(2)28-21(30)16-7-5-4-6-15(16)19(27-28)20(29)26-17-12-14(22(23,24)25)8-9-18(17)32-11-10-31-3/h4-9,12-13H,10-11H2,1-3H3,(H,26,29). The summed E-state index contributed by atoms with van der Waals surface area (Å²) in [6.07, 6.45) is -4.61. The van der Waals surface area contributed by atoms with Crippen LogP contribution in [0, 0.1) is 0 Å². The maximum absolute atomic E-state index is 13.2. The lowest BCUT2D eigenvalue weighted by atomic mass is 10.1. The van der Waals surface area contributed by atoms with Gasteiger partial charge in [-0.25, -0.2) is 4.68 Å². The molecule has 0 unspecified atom stereocenters. The number of rotatable bonds is 7. The summed E-state index contributed by atoms with van der Waals surface area (Å²) in [6.45, 7) is 3.75. The van der Waals surface area contributed by atoms with Gasteiger partial charge >= 0.3 is 6.18 Å². The molecule has 0 radical (unpaired) electrons. The van der Waals surface area contributed by atoms with Crippen LogP contribution in [0.5, 0.6) is 5.75 Å². The van der Waals surface area contributed by atoms with Crippen LogP contribution in [-0.2, 0) is 10.9 Å². The molecule has 0 aliphatic carbocycles. The summed E-state index contributed by atoms with van der Waals surface area (Å²) in [5, 5.41) is 7.21. The first-order valence-electron chi connectivity index (χ1n) is 9.79. The molecule has 0 saturated heterocycles. The first kappa shape index (κ1) is 23.3. The molecule has 1 amide bonds. The van der Waals surface area contributed by atoms with Crippen LogP contribution in [0.15, 0.2) is 47.3 Å². The molecule has 0 atom stereocenters. The Balaban J connectivity index is 2.07. The van der Waals surface area contributed by atoms with Gasteiger partial charge in [0.2, 0.25) is 0 Å². The number of hydrogen-bond donors (Lipinski definition) is 1. The van der Waals surface area contributed by atoms with Crippen molar-refractivity contribution in [1.82, 2.24) is 9.78 Å². The molecule has 32 heavy (non-hydrogen) atoms. The van der Waals surface area contributed by atoms with E-state index >= 15 is 0 Å². The lowest BCUT2D eigenvalue weighted by Crippen LogP contribution is -2.29. The Morgan fingerprint density at radius 1 is 1.12 bits per heavy atom. The number of benzene rings is 2. The lowest BCUT2D eigenvalue weighted by molar-refractivity contribution is -0.137. The zero-order valence-electron chi connectivity index (χ0n) is 17.7. The van der Waals surface area contributed by atoms with Crippen LogP contribution in [0.4, 0.5) is 18.9 Å². The van der Waals surface area contributed by atoms with Crippen LogP contribution in [0.1, 0.15) is 35.9 Å². The minimum absolute atomic E-state index is 0.0462. The Labute approximate surface area is 181 Å². The molecule has 1 N–H and O–H groups in total. The summed E-state index contributed by atoms with van der Waals surface area (Å²) in [5.41, 5.74) is -1.57. The van der Waals surface area contributed by atoms with Crippen LogP contribution in [0.3, 0.4) is 0 Å². The molecule has 2 aromatic carbocycles. The minimum Gasteiger partial charge on any atom is -0.489 e. The number of ether oxygens (including phenoxy) is 2. The van der Waals surface area contributed by atoms with E-state index in [1.165, 1.54) is 11.8 Å². The van der Waals surface area contributed by atoms with Crippen molar-refractivity contribution in [3.05, 3.63) is 64.1 Å². The fraction of sp³-hybridized carbons (Fsp3) is 0.318. The van der Waals surface area contributed by atoms with Crippen molar-refractivity contribution in [2.75, 3.05) is 25.6 Å². The molecule has 3 rings (SSSR count). The molecule has 0 fully saturated rings. The first-order valence-corrected chi connectivity index (χ1v) is 9.79. The van der Waals surface area contributed by atoms with E-state index in [1.54, 1.807) is 38.1 Å². The molecule has 10 heteroatoms. The van der Waals surface area contributed by atoms with Gasteiger partial charge in [-0.1, -0.05) is 18.2 Å². The highest BCUT2D eigenvalue weighted by Gasteiger charge is 2.31. The third kappa shape index (κ3) is 4.91. The van der Waals surface area contributed by atoms with Crippen LogP contribution in [0.25, 0.3) is 10.8 Å². The monoisotopic (exact) mass is 449 g/mol. The third-order valence-electron chi connectivity index (χ3n) is 4.63. The zero-order valence-corrected chi connectivity index (χ0v) is 17.7. The summed E-state index contributed by atoms with van der Waals surface area (Å²) >= 11 is 0. The molecule has 0 spiro atoms. The van der Waals surface area contributed by atoms with Crippen molar-refractivity contribution in [3.8, 4) is 5.75 Å². The molecular formula is C22H22F3N3O4. The lowest BCUT2D eigenvalue weighted by Gasteiger charge is -2.16. The van der Waals surface area contributed by atoms with E-state index in [0.29, 0.717) is 5.39 Å². The number of fused-ring (bicyclic) bond motifs is 1. The van der Waals surface area contributed by atoms with E-state index in [1.807, 2.05) is 0 Å². The fourth-order valence-electron chi connectivity index (χ4n) is 3.07. The molecule has 3 aromatic rings. The predicted molar refractivity (Wildman–Crippen MR) is 113 cm³/mol. The van der Waals surface area contributed by atoms with Crippen LogP contribution in [-0.4, -0.2) is 36.0 Å². The van der Waals surface area contributed by atoms with E-state index in [4.69, 9.17) is 9.47 Å². The van der Waals surface area contributed by atoms with Gasteiger partial charge in [-0.3, -0.25) is 9.59 Å². The van der Waals surface area contributed by atoms with Crippen LogP contribution in [0.2, 0.25) is 0 Å². The van der Waals surface area contributed by atoms with Crippen LogP contribution < -0.4 is 15.6 Å². The van der Waals surface area contributed by atoms with Crippen molar-refractivity contribution in [3.63, 3.8) is 0 Å². The molecule has 0 aliphatic heterocycles. The summed E-state index contributed by atoms with van der Waals surface area (Å²) in [6, 6.07) is 8.89. The zero-order chi connectivity index (χ0) is 23.5. The summed E-state index contributed by atoms with van der Waals surface area (Å²) < 4.78 is 51.2. The number of hydrogen-bond acceptors (Lipinski definition) is 5. The quantitative estimate of drug-likeness (QED) is 0.545. The summed E-state index contributed by atoms with van der Waals surface area (Å²) in [4.78, 5) is 25.8. The Morgan fingerprint density at radius 2 is 1.81 bits per heavy atom. The maximum Gasteiger partial charge on any atom is 0.416 e. The number of methoxy groups -OCH3 is 1. The number of alkyl halides is 3. The second-order valence-corrected chi connectivity index (χ2v) is 7.24. The highest BCUT2D eigenvalue weighted by atomic mass is 19.4. The van der Waals surface area contributed by atoms with E-state index in [9.17, 15) is 22.8 Å². The Morgan fingerprint density at radius 3 is 2.44 bits per heavy atom. The van der Waals surface area contributed by atoms with Gasteiger partial charge in [-0.05, 0) is 38.1 Å². The van der Waals surface area contributed by atoms with Crippen molar-refractivity contribution >= 4 is 22.4 Å². The highest BCUT2D eigenvalue weighted by molar-refractivity contribution is 6.11. The van der Waals surface area contributed by atoms with Crippen molar-refractivity contribution in [2.45, 2.75) is 26.1 Å². The van der Waals surface area contributed by atoms with Gasteiger partial charge < -0.3 is 14.8 Å². The number of anilines is 1. The Kier molecular flexibility index (Phi) is 6.83. The maximum atomic E-state index is 13.2. The number of nitrogens with zero attached hydrogens (tertiary/aromatic N) is 2. The molecule has 0 saturated carbocycles. The molecule has 1 heterocycles. The van der Waals surface area contributed by atoms with Gasteiger partial charge in [-0.2, -0.15) is 18.3 Å². The van der Waals surface area contributed by atoms with Gasteiger partial charge in [0.25, 0.3) is 11.5 Å². The summed E-state index contributed by atoms with van der Waals surface area (Å²) in [5.74, 6) is -0.726. The van der Waals surface area contributed by atoms with Crippen molar-refractivity contribution in [2.24, 2.45) is 0 Å². The van der Waals surface area contributed by atoms with Gasteiger partial charge in [-0.15, -0.1) is 0 Å². The second kappa shape index (κ2) is 9.39. The highest BCUT2D eigenvalue weighted by Crippen LogP contribution is 2.35. The largest absolute Gasteiger partial charge is 0.489 e. The smallest absolute Gasteiger partial charge is 0.416 e.